The molecule has 6 heteroatoms. The van der Waals surface area contributed by atoms with Gasteiger partial charge in [0.05, 0.1) is 12.4 Å². The predicted octanol–water partition coefficient (Wildman–Crippen LogP) is -0.284. The Hall–Kier alpha value is -0.620. The van der Waals surface area contributed by atoms with E-state index in [1.807, 2.05) is 0 Å². The Morgan fingerprint density at radius 3 is 2.80 bits per heavy atom. The molecule has 1 fully saturated rings. The number of esters is 1. The normalized spacial score (nSPS) is 21.5. The first-order chi connectivity index (χ1) is 7.03. The zero-order valence-corrected chi connectivity index (χ0v) is 9.68. The molecular weight excluding hydrogens is 218 g/mol. The molecule has 0 radical (unpaired) electrons. The number of rotatable bonds is 5. The Labute approximate surface area is 90.1 Å². The van der Waals surface area contributed by atoms with Gasteiger partial charge >= 0.3 is 5.97 Å². The first kappa shape index (κ1) is 12.4. The van der Waals surface area contributed by atoms with Gasteiger partial charge in [0.2, 0.25) is 0 Å². The fourth-order valence-electron chi connectivity index (χ4n) is 1.65. The Bertz CT molecular complexity index is 306. The van der Waals surface area contributed by atoms with E-state index in [0.29, 0.717) is 0 Å². The van der Waals surface area contributed by atoms with Gasteiger partial charge in [0, 0.05) is 6.04 Å². The largest absolute Gasteiger partial charge is 0.465 e. The second-order valence-corrected chi connectivity index (χ2v) is 5.76. The number of hydrogen-bond donors (Lipinski definition) is 1. The van der Waals surface area contributed by atoms with Crippen molar-refractivity contribution in [2.75, 3.05) is 24.7 Å². The lowest BCUT2D eigenvalue weighted by molar-refractivity contribution is -0.139. The van der Waals surface area contributed by atoms with E-state index >= 15 is 0 Å². The summed E-state index contributed by atoms with van der Waals surface area (Å²) >= 11 is 0. The van der Waals surface area contributed by atoms with Crippen LogP contribution in [-0.4, -0.2) is 45.1 Å². The van der Waals surface area contributed by atoms with Crippen LogP contribution in [0.3, 0.4) is 0 Å². The molecule has 0 aromatic carbocycles. The summed E-state index contributed by atoms with van der Waals surface area (Å²) < 4.78 is 27.7. The monoisotopic (exact) mass is 235 g/mol. The van der Waals surface area contributed by atoms with Crippen molar-refractivity contribution in [2.24, 2.45) is 0 Å². The molecule has 0 bridgehead atoms. The quantitative estimate of drug-likeness (QED) is 0.663. The standard InChI is InChI=1S/C9H17NO4S/c1-2-14-9(11)7-15(12,13)6-8-4-3-5-10-8/h8,10H,2-7H2,1H3. The van der Waals surface area contributed by atoms with Crippen molar-refractivity contribution in [3.8, 4) is 0 Å². The molecule has 0 aliphatic carbocycles. The van der Waals surface area contributed by atoms with Gasteiger partial charge in [-0.1, -0.05) is 0 Å². The molecule has 0 saturated carbocycles. The number of nitrogens with one attached hydrogen (secondary N) is 1. The lowest BCUT2D eigenvalue weighted by atomic mass is 10.3. The zero-order valence-electron chi connectivity index (χ0n) is 8.86. The number of hydrogen-bond acceptors (Lipinski definition) is 5. The molecule has 1 rings (SSSR count). The Morgan fingerprint density at radius 2 is 2.27 bits per heavy atom. The van der Waals surface area contributed by atoms with Crippen molar-refractivity contribution >= 4 is 15.8 Å². The van der Waals surface area contributed by atoms with Crippen molar-refractivity contribution in [3.05, 3.63) is 0 Å². The minimum atomic E-state index is -3.32. The average Bonchev–Trinajstić information content (AvgIpc) is 2.54. The second-order valence-electron chi connectivity index (χ2n) is 3.65. The van der Waals surface area contributed by atoms with E-state index in [4.69, 9.17) is 0 Å². The highest BCUT2D eigenvalue weighted by Gasteiger charge is 2.24. The van der Waals surface area contributed by atoms with Crippen molar-refractivity contribution in [1.82, 2.24) is 5.32 Å². The molecule has 1 heterocycles. The fourth-order valence-corrected chi connectivity index (χ4v) is 3.10. The first-order valence-electron chi connectivity index (χ1n) is 5.13. The van der Waals surface area contributed by atoms with Crippen LogP contribution in [0.1, 0.15) is 19.8 Å². The van der Waals surface area contributed by atoms with Gasteiger partial charge in [-0.15, -0.1) is 0 Å². The number of ether oxygens (including phenoxy) is 1. The molecule has 1 N–H and O–H groups in total. The van der Waals surface area contributed by atoms with Crippen LogP contribution in [-0.2, 0) is 19.4 Å². The molecule has 1 unspecified atom stereocenters. The SMILES string of the molecule is CCOC(=O)CS(=O)(=O)CC1CCCN1. The molecule has 0 aromatic rings. The summed E-state index contributed by atoms with van der Waals surface area (Å²) in [5.74, 6) is -1.12. The molecule has 0 spiro atoms. The predicted molar refractivity (Wildman–Crippen MR) is 56.3 cm³/mol. The number of carbonyl (C=O) groups is 1. The van der Waals surface area contributed by atoms with E-state index in [-0.39, 0.29) is 18.4 Å². The van der Waals surface area contributed by atoms with Crippen LogP contribution < -0.4 is 5.32 Å². The van der Waals surface area contributed by atoms with Gasteiger partial charge in [-0.2, -0.15) is 0 Å². The summed E-state index contributed by atoms with van der Waals surface area (Å²) in [6.45, 7) is 2.73. The third-order valence-electron chi connectivity index (χ3n) is 2.26. The molecule has 1 aliphatic rings. The highest BCUT2D eigenvalue weighted by atomic mass is 32.2. The highest BCUT2D eigenvalue weighted by molar-refractivity contribution is 7.92. The molecule has 0 aromatic heterocycles. The summed E-state index contributed by atoms with van der Waals surface area (Å²) in [6, 6.07) is 0.00410. The van der Waals surface area contributed by atoms with E-state index in [0.717, 1.165) is 19.4 Å². The maximum Gasteiger partial charge on any atom is 0.321 e. The minimum absolute atomic E-state index is 0.00410. The van der Waals surface area contributed by atoms with Crippen molar-refractivity contribution in [2.45, 2.75) is 25.8 Å². The Morgan fingerprint density at radius 1 is 1.53 bits per heavy atom. The van der Waals surface area contributed by atoms with Gasteiger partial charge in [0.1, 0.15) is 5.75 Å². The second kappa shape index (κ2) is 5.46. The summed E-state index contributed by atoms with van der Waals surface area (Å²) in [5.41, 5.74) is 0. The van der Waals surface area contributed by atoms with Crippen LogP contribution in [0, 0.1) is 0 Å². The van der Waals surface area contributed by atoms with Crippen LogP contribution in [0.4, 0.5) is 0 Å². The van der Waals surface area contributed by atoms with E-state index in [9.17, 15) is 13.2 Å². The third-order valence-corrected chi connectivity index (χ3v) is 3.85. The molecule has 15 heavy (non-hydrogen) atoms. The van der Waals surface area contributed by atoms with Gasteiger partial charge < -0.3 is 10.1 Å². The third kappa shape index (κ3) is 4.61. The lowest BCUT2D eigenvalue weighted by Gasteiger charge is -2.10. The van der Waals surface area contributed by atoms with E-state index in [2.05, 4.69) is 10.1 Å². The molecule has 1 atom stereocenters. The maximum absolute atomic E-state index is 11.5. The molecular formula is C9H17NO4S. The van der Waals surface area contributed by atoms with Crippen molar-refractivity contribution in [1.29, 1.82) is 0 Å². The highest BCUT2D eigenvalue weighted by Crippen LogP contribution is 2.08. The smallest absolute Gasteiger partial charge is 0.321 e. The summed E-state index contributed by atoms with van der Waals surface area (Å²) in [5, 5.41) is 3.09. The fraction of sp³-hybridized carbons (Fsp3) is 0.889. The van der Waals surface area contributed by atoms with E-state index in [1.165, 1.54) is 0 Å². The molecule has 88 valence electrons. The Balaban J connectivity index is 2.40. The Kier molecular flexibility index (Phi) is 4.53. The van der Waals surface area contributed by atoms with E-state index in [1.54, 1.807) is 6.92 Å². The maximum atomic E-state index is 11.5. The topological polar surface area (TPSA) is 72.5 Å². The number of carbonyl (C=O) groups excluding carboxylic acids is 1. The summed E-state index contributed by atoms with van der Waals surface area (Å²) in [4.78, 5) is 11.0. The first-order valence-corrected chi connectivity index (χ1v) is 6.95. The van der Waals surface area contributed by atoms with Gasteiger partial charge in [0.25, 0.3) is 0 Å². The molecule has 5 nitrogen and oxygen atoms in total. The summed E-state index contributed by atoms with van der Waals surface area (Å²) in [7, 11) is -3.32. The minimum Gasteiger partial charge on any atom is -0.465 e. The summed E-state index contributed by atoms with van der Waals surface area (Å²) in [6.07, 6.45) is 1.86. The molecule has 0 amide bonds. The van der Waals surface area contributed by atoms with Crippen LogP contribution in [0.25, 0.3) is 0 Å². The van der Waals surface area contributed by atoms with Gasteiger partial charge in [0.15, 0.2) is 9.84 Å². The van der Waals surface area contributed by atoms with Crippen molar-refractivity contribution < 1.29 is 17.9 Å². The molecule has 1 saturated heterocycles. The van der Waals surface area contributed by atoms with Crippen LogP contribution in [0.5, 0.6) is 0 Å². The van der Waals surface area contributed by atoms with Crippen LogP contribution in [0.2, 0.25) is 0 Å². The van der Waals surface area contributed by atoms with Gasteiger partial charge in [-0.25, -0.2) is 8.42 Å². The lowest BCUT2D eigenvalue weighted by Crippen LogP contribution is -2.33. The van der Waals surface area contributed by atoms with Crippen LogP contribution >= 0.6 is 0 Å². The zero-order chi connectivity index (χ0) is 11.3. The number of sulfone groups is 1. The van der Waals surface area contributed by atoms with E-state index < -0.39 is 21.6 Å². The van der Waals surface area contributed by atoms with Gasteiger partial charge in [-0.05, 0) is 26.3 Å². The molecule has 1 aliphatic heterocycles. The average molecular weight is 235 g/mol. The van der Waals surface area contributed by atoms with Gasteiger partial charge in [-0.3, -0.25) is 4.79 Å². The van der Waals surface area contributed by atoms with Crippen LogP contribution in [0.15, 0.2) is 0 Å². The van der Waals surface area contributed by atoms with Crippen molar-refractivity contribution in [3.63, 3.8) is 0 Å².